The van der Waals surface area contributed by atoms with Crippen LogP contribution in [0, 0.1) is 0 Å². The minimum absolute atomic E-state index is 1.07. The van der Waals surface area contributed by atoms with E-state index >= 15 is 0 Å². The van der Waals surface area contributed by atoms with Crippen LogP contribution in [-0.2, 0) is 0 Å². The Balaban J connectivity index is 1.96. The zero-order chi connectivity index (χ0) is 14.7. The molecule has 2 heteroatoms. The van der Waals surface area contributed by atoms with Crippen molar-refractivity contribution in [2.45, 2.75) is 6.42 Å². The van der Waals surface area contributed by atoms with E-state index in [1.807, 2.05) is 18.5 Å². The molecular weight excluding hydrogens is 256 g/mol. The smallest absolute Gasteiger partial charge is 0.0340 e. The number of aromatic nitrogens is 1. The molecule has 1 heterocycles. The molecule has 2 aromatic rings. The van der Waals surface area contributed by atoms with E-state index in [4.69, 9.17) is 0 Å². The number of benzene rings is 1. The molecule has 1 aliphatic rings. The van der Waals surface area contributed by atoms with Gasteiger partial charge in [-0.2, -0.15) is 0 Å². The second-order valence-corrected chi connectivity index (χ2v) is 5.65. The van der Waals surface area contributed by atoms with E-state index in [1.54, 1.807) is 0 Å². The summed E-state index contributed by atoms with van der Waals surface area (Å²) in [5.74, 6) is 0. The summed E-state index contributed by atoms with van der Waals surface area (Å²) >= 11 is 0. The first-order valence-electron chi connectivity index (χ1n) is 7.31. The molecule has 0 N–H and O–H groups in total. The predicted molar refractivity (Wildman–Crippen MR) is 89.7 cm³/mol. The summed E-state index contributed by atoms with van der Waals surface area (Å²) in [4.78, 5) is 6.42. The van der Waals surface area contributed by atoms with Gasteiger partial charge in [-0.25, -0.2) is 0 Å². The van der Waals surface area contributed by atoms with Gasteiger partial charge in [0.15, 0.2) is 0 Å². The molecule has 0 unspecified atom stereocenters. The molecule has 106 valence electrons. The Kier molecular flexibility index (Phi) is 3.98. The molecule has 1 aromatic carbocycles. The molecule has 0 radical (unpaired) electrons. The quantitative estimate of drug-likeness (QED) is 0.840. The maximum Gasteiger partial charge on any atom is 0.0340 e. The first-order valence-corrected chi connectivity index (χ1v) is 7.31. The van der Waals surface area contributed by atoms with Crippen molar-refractivity contribution in [2.75, 3.05) is 20.6 Å². The highest BCUT2D eigenvalue weighted by molar-refractivity contribution is 6.01. The fourth-order valence-electron chi connectivity index (χ4n) is 2.67. The van der Waals surface area contributed by atoms with Gasteiger partial charge in [-0.15, -0.1) is 0 Å². The predicted octanol–water partition coefficient (Wildman–Crippen LogP) is 3.97. The van der Waals surface area contributed by atoms with Crippen LogP contribution in [0.15, 0.2) is 54.9 Å². The molecular formula is C19H20N2. The molecule has 0 saturated carbocycles. The maximum absolute atomic E-state index is 4.19. The van der Waals surface area contributed by atoms with Gasteiger partial charge < -0.3 is 4.90 Å². The van der Waals surface area contributed by atoms with Crippen LogP contribution in [0.4, 0.5) is 0 Å². The van der Waals surface area contributed by atoms with E-state index in [2.05, 4.69) is 66.5 Å². The zero-order valence-electron chi connectivity index (χ0n) is 12.6. The van der Waals surface area contributed by atoms with E-state index in [0.717, 1.165) is 18.5 Å². The molecule has 1 aliphatic carbocycles. The van der Waals surface area contributed by atoms with Crippen molar-refractivity contribution in [3.8, 4) is 0 Å². The van der Waals surface area contributed by atoms with Crippen molar-refractivity contribution in [1.82, 2.24) is 9.88 Å². The van der Waals surface area contributed by atoms with Gasteiger partial charge in [-0.05, 0) is 60.5 Å². The number of hydrogen-bond donors (Lipinski definition) is 0. The van der Waals surface area contributed by atoms with Gasteiger partial charge in [-0.1, -0.05) is 36.4 Å². The fraction of sp³-hybridized carbons (Fsp3) is 0.211. The third-order valence-corrected chi connectivity index (χ3v) is 3.75. The van der Waals surface area contributed by atoms with Crippen LogP contribution in [0.1, 0.15) is 23.1 Å². The van der Waals surface area contributed by atoms with Gasteiger partial charge in [0.25, 0.3) is 0 Å². The van der Waals surface area contributed by atoms with E-state index in [0.29, 0.717) is 0 Å². The van der Waals surface area contributed by atoms with Gasteiger partial charge in [0.1, 0.15) is 0 Å². The molecule has 3 rings (SSSR count). The van der Waals surface area contributed by atoms with E-state index in [-0.39, 0.29) is 0 Å². The zero-order valence-corrected chi connectivity index (χ0v) is 12.6. The number of fused-ring (bicyclic) bond motifs is 1. The summed E-state index contributed by atoms with van der Waals surface area (Å²) in [6, 6.07) is 12.7. The molecule has 0 aliphatic heterocycles. The van der Waals surface area contributed by atoms with Crippen LogP contribution in [0.3, 0.4) is 0 Å². The standard InChI is InChI=1S/C19H20N2/c1-21(2)11-9-16-13-17(12-15-6-5-10-20-14-15)19-8-4-3-7-18(16)19/h3-8,10,12-14H,9,11H2,1-2H3/b17-12-. The Morgan fingerprint density at radius 2 is 1.86 bits per heavy atom. The van der Waals surface area contributed by atoms with Crippen LogP contribution in [-0.4, -0.2) is 30.5 Å². The fourth-order valence-corrected chi connectivity index (χ4v) is 2.67. The van der Waals surface area contributed by atoms with Crippen LogP contribution >= 0.6 is 0 Å². The maximum atomic E-state index is 4.19. The molecule has 21 heavy (non-hydrogen) atoms. The SMILES string of the molecule is CN(C)CCC1=C/C(=C/c2cccnc2)c2ccccc21. The summed E-state index contributed by atoms with van der Waals surface area (Å²) in [5, 5.41) is 0. The van der Waals surface area contributed by atoms with Gasteiger partial charge in [0, 0.05) is 18.9 Å². The highest BCUT2D eigenvalue weighted by Gasteiger charge is 2.17. The van der Waals surface area contributed by atoms with Crippen LogP contribution in [0.25, 0.3) is 17.2 Å². The lowest BCUT2D eigenvalue weighted by Gasteiger charge is -2.10. The van der Waals surface area contributed by atoms with Crippen LogP contribution < -0.4 is 0 Å². The summed E-state index contributed by atoms with van der Waals surface area (Å²) in [5.41, 5.74) is 6.55. The average molecular weight is 276 g/mol. The highest BCUT2D eigenvalue weighted by atomic mass is 15.0. The van der Waals surface area contributed by atoms with E-state index in [1.165, 1.54) is 22.3 Å². The first-order chi connectivity index (χ1) is 10.2. The van der Waals surface area contributed by atoms with Crippen molar-refractivity contribution in [3.63, 3.8) is 0 Å². The van der Waals surface area contributed by atoms with Gasteiger partial charge in [-0.3, -0.25) is 4.98 Å². The Morgan fingerprint density at radius 3 is 2.57 bits per heavy atom. The Hall–Kier alpha value is -2.19. The number of allylic oxidation sites excluding steroid dienone is 2. The summed E-state index contributed by atoms with van der Waals surface area (Å²) in [6.45, 7) is 1.07. The van der Waals surface area contributed by atoms with Gasteiger partial charge in [0.2, 0.25) is 0 Å². The molecule has 0 spiro atoms. The monoisotopic (exact) mass is 276 g/mol. The Bertz CT molecular complexity index is 682. The average Bonchev–Trinajstić information content (AvgIpc) is 2.85. The number of nitrogens with zero attached hydrogens (tertiary/aromatic N) is 2. The topological polar surface area (TPSA) is 16.1 Å². The molecule has 0 atom stereocenters. The van der Waals surface area contributed by atoms with Crippen LogP contribution in [0.2, 0.25) is 0 Å². The summed E-state index contributed by atoms with van der Waals surface area (Å²) < 4.78 is 0. The van der Waals surface area contributed by atoms with Crippen molar-refractivity contribution >= 4 is 17.2 Å². The van der Waals surface area contributed by atoms with Crippen LogP contribution in [0.5, 0.6) is 0 Å². The minimum atomic E-state index is 1.07. The summed E-state index contributed by atoms with van der Waals surface area (Å²) in [6.07, 6.45) is 9.33. The lowest BCUT2D eigenvalue weighted by atomic mass is 10.0. The molecule has 0 saturated heterocycles. The van der Waals surface area contributed by atoms with Crippen molar-refractivity contribution in [2.24, 2.45) is 0 Å². The third kappa shape index (κ3) is 3.11. The first kappa shape index (κ1) is 13.8. The lowest BCUT2D eigenvalue weighted by Crippen LogP contribution is -2.13. The third-order valence-electron chi connectivity index (χ3n) is 3.75. The normalized spacial score (nSPS) is 15.4. The van der Waals surface area contributed by atoms with Crippen molar-refractivity contribution in [1.29, 1.82) is 0 Å². The van der Waals surface area contributed by atoms with Gasteiger partial charge in [0.05, 0.1) is 0 Å². The number of rotatable bonds is 4. The minimum Gasteiger partial charge on any atom is -0.309 e. The summed E-state index contributed by atoms with van der Waals surface area (Å²) in [7, 11) is 4.24. The molecule has 0 amide bonds. The molecule has 0 fully saturated rings. The molecule has 2 nitrogen and oxygen atoms in total. The van der Waals surface area contributed by atoms with Crippen molar-refractivity contribution < 1.29 is 0 Å². The van der Waals surface area contributed by atoms with Crippen molar-refractivity contribution in [3.05, 3.63) is 71.6 Å². The van der Waals surface area contributed by atoms with E-state index < -0.39 is 0 Å². The van der Waals surface area contributed by atoms with E-state index in [9.17, 15) is 0 Å². The number of hydrogen-bond acceptors (Lipinski definition) is 2. The molecule has 1 aromatic heterocycles. The lowest BCUT2D eigenvalue weighted by molar-refractivity contribution is 0.419. The highest BCUT2D eigenvalue weighted by Crippen LogP contribution is 2.37. The molecule has 0 bridgehead atoms. The Labute approximate surface area is 126 Å². The Morgan fingerprint density at radius 1 is 1.05 bits per heavy atom. The second kappa shape index (κ2) is 6.06. The largest absolute Gasteiger partial charge is 0.309 e. The van der Waals surface area contributed by atoms with Gasteiger partial charge >= 0.3 is 0 Å². The second-order valence-electron chi connectivity index (χ2n) is 5.65. The number of pyridine rings is 1.